The molecule has 5 aromatic heterocycles. The van der Waals surface area contributed by atoms with Crippen LogP contribution >= 0.6 is 184 Å². The Morgan fingerprint density at radius 1 is 0.387 bits per heavy atom. The summed E-state index contributed by atoms with van der Waals surface area (Å²) in [5.41, 5.74) is 9.83. The van der Waals surface area contributed by atoms with Gasteiger partial charge >= 0.3 is 5.97 Å². The van der Waals surface area contributed by atoms with Crippen molar-refractivity contribution in [3.05, 3.63) is 326 Å². The zero-order chi connectivity index (χ0) is 108. The van der Waals surface area contributed by atoms with Gasteiger partial charge in [-0.3, -0.25) is 19.2 Å². The number of carbonyl (C=O) groups excluding carboxylic acids is 5. The average molecular weight is 2550 g/mol. The molecular weight excluding hydrogens is 2450 g/mol. The molecule has 0 radical (unpaired) electrons. The quantitative estimate of drug-likeness (QED) is 0.00656. The summed E-state index contributed by atoms with van der Waals surface area (Å²) in [6, 6.07) is 35.2. The number of carbonyl (C=O) groups is 5. The molecule has 0 N–H and O–H groups in total. The molecule has 5 heterocycles. The molecule has 15 aromatic rings. The highest BCUT2D eigenvalue weighted by Crippen LogP contribution is 2.40. The molecule has 10 aromatic carbocycles. The predicted molar refractivity (Wildman–Crippen MR) is 599 cm³/mol. The summed E-state index contributed by atoms with van der Waals surface area (Å²) < 4.78 is 127. The van der Waals surface area contributed by atoms with E-state index < -0.39 is 35.1 Å². The molecular formula is C109H99Br5Cl9F5N10O12. The first-order valence-corrected chi connectivity index (χ1v) is 55.2. The number of rotatable bonds is 44. The highest BCUT2D eigenvalue weighted by Gasteiger charge is 2.32. The summed E-state index contributed by atoms with van der Waals surface area (Å²) in [4.78, 5) is 85.3. The van der Waals surface area contributed by atoms with Gasteiger partial charge < -0.3 is 56.0 Å². The van der Waals surface area contributed by atoms with Crippen molar-refractivity contribution < 1.29 is 79.1 Å². The zero-order valence-corrected chi connectivity index (χ0v) is 95.9. The lowest BCUT2D eigenvalue weighted by Crippen LogP contribution is -2.15. The van der Waals surface area contributed by atoms with Gasteiger partial charge in [0, 0.05) is 181 Å². The Hall–Kier alpha value is -8.74. The van der Waals surface area contributed by atoms with Crippen LogP contribution in [0.2, 0.25) is 25.1 Å². The van der Waals surface area contributed by atoms with Crippen molar-refractivity contribution in [1.29, 1.82) is 0 Å². The smallest absolute Gasteiger partial charge is 0.338 e. The van der Waals surface area contributed by atoms with E-state index in [-0.39, 0.29) is 180 Å². The molecule has 2 fully saturated rings. The van der Waals surface area contributed by atoms with Crippen LogP contribution in [0.3, 0.4) is 0 Å². The average Bonchev–Trinajstić information content (AvgIpc) is 1.58. The third-order valence-corrected chi connectivity index (χ3v) is 29.5. The van der Waals surface area contributed by atoms with E-state index in [0.29, 0.717) is 155 Å². The molecule has 22 nitrogen and oxygen atoms in total. The number of fused-ring (bicyclic) bond motifs is 5. The second-order valence-electron chi connectivity index (χ2n) is 34.9. The highest BCUT2D eigenvalue weighted by atomic mass is 79.9. The van der Waals surface area contributed by atoms with Gasteiger partial charge in [0.1, 0.15) is 60.6 Å². The Morgan fingerprint density at radius 2 is 0.700 bits per heavy atom. The minimum absolute atomic E-state index is 0.0711. The number of unbranched alkanes of at least 4 members (excludes halogenated alkanes) is 1. The van der Waals surface area contributed by atoms with Crippen LogP contribution < -0.4 is 0 Å². The lowest BCUT2D eigenvalue weighted by Gasteiger charge is -2.14. The summed E-state index contributed by atoms with van der Waals surface area (Å²) in [6.45, 7) is 7.22. The van der Waals surface area contributed by atoms with Crippen molar-refractivity contribution in [2.75, 3.05) is 104 Å². The molecule has 0 bridgehead atoms. The van der Waals surface area contributed by atoms with Crippen LogP contribution in [0.25, 0.3) is 55.2 Å². The van der Waals surface area contributed by atoms with Crippen LogP contribution in [0.4, 0.5) is 22.0 Å². The number of benzene rings is 10. The monoisotopic (exact) mass is 2540 g/mol. The molecule has 0 saturated heterocycles. The zero-order valence-electron chi connectivity index (χ0n) is 81.1. The van der Waals surface area contributed by atoms with E-state index in [1.54, 1.807) is 132 Å². The van der Waals surface area contributed by atoms with E-state index in [1.807, 2.05) is 45.5 Å². The van der Waals surface area contributed by atoms with E-state index in [1.165, 1.54) is 26.0 Å². The molecule has 0 aliphatic heterocycles. The summed E-state index contributed by atoms with van der Waals surface area (Å²) in [6.07, 6.45) is 16.8. The molecule has 790 valence electrons. The van der Waals surface area contributed by atoms with Gasteiger partial charge in [0.15, 0.2) is 52.2 Å². The molecule has 150 heavy (non-hydrogen) atoms. The molecule has 0 unspecified atom stereocenters. The van der Waals surface area contributed by atoms with Crippen molar-refractivity contribution in [3.8, 4) is 11.8 Å². The molecule has 41 heteroatoms. The van der Waals surface area contributed by atoms with Crippen LogP contribution in [0.1, 0.15) is 152 Å². The first kappa shape index (κ1) is 118. The van der Waals surface area contributed by atoms with Crippen molar-refractivity contribution in [2.24, 2.45) is 18.9 Å². The second kappa shape index (κ2) is 57.6. The number of nitrogens with zero attached hydrogens (tertiary/aromatic N) is 10. The second-order valence-corrected chi connectivity index (χ2v) is 42.9. The third-order valence-electron chi connectivity index (χ3n) is 24.4. The Balaban J connectivity index is 0.000000156. The number of alkyl halides is 4. The maximum absolute atomic E-state index is 15.7. The van der Waals surface area contributed by atoms with Gasteiger partial charge in [0.05, 0.1) is 124 Å². The molecule has 2 aliphatic rings. The van der Waals surface area contributed by atoms with E-state index in [2.05, 4.69) is 123 Å². The van der Waals surface area contributed by atoms with Gasteiger partial charge in [-0.1, -0.05) is 186 Å². The van der Waals surface area contributed by atoms with Gasteiger partial charge in [-0.25, -0.2) is 51.7 Å². The number of ether oxygens (including phenoxy) is 7. The van der Waals surface area contributed by atoms with Gasteiger partial charge in [0.2, 0.25) is 0 Å². The number of imidazole rings is 5. The Kier molecular flexibility index (Phi) is 45.5. The first-order chi connectivity index (χ1) is 72.3. The maximum Gasteiger partial charge on any atom is 0.338 e. The van der Waals surface area contributed by atoms with Gasteiger partial charge in [-0.2, -0.15) is 0 Å². The summed E-state index contributed by atoms with van der Waals surface area (Å²) in [5, 5.41) is 2.44. The van der Waals surface area contributed by atoms with Crippen LogP contribution in [-0.4, -0.2) is 181 Å². The van der Waals surface area contributed by atoms with Crippen LogP contribution in [0.15, 0.2) is 188 Å². The Bertz CT molecular complexity index is 7510. The SMILES string of the molecule is C=COCCOCC(=O)c1cc2c(ncn2CCCCCl)c(F)c1Cc1ccc(Br)cc1Cl.COC(=O)c1cc2c(ncn2CC#CCCl)c(F)c1Cc1ccc(Br)cc1Cl.COCCOCC(=O)c1cc2c(ncn2C)c(F)c1Cc1ccc(Br)cc1Cl.O=C(COCC1CC1)c1cc2c(ncn2CCCCl)c(F)c1Cc1ccc(Br)cc1Cl.O=C(COCC1CC1)c1cc2c(ncn2CCCl)c(F)c1Cc1ccc(Br)cc1Cl. The number of hydrogen-bond donors (Lipinski definition) is 0. The molecule has 0 atom stereocenters. The van der Waals surface area contributed by atoms with Crippen molar-refractivity contribution in [3.63, 3.8) is 0 Å². The molecule has 2 saturated carbocycles. The number of aromatic nitrogens is 10. The van der Waals surface area contributed by atoms with Gasteiger partial charge in [0.25, 0.3) is 0 Å². The minimum atomic E-state index is -0.636. The number of ketones is 4. The number of Topliss-reactive ketones (excluding diaryl/α,β-unsaturated/α-hetero) is 4. The van der Waals surface area contributed by atoms with Crippen molar-refractivity contribution in [1.82, 2.24) is 47.8 Å². The number of esters is 1. The molecule has 0 spiro atoms. The summed E-state index contributed by atoms with van der Waals surface area (Å²) in [7, 11) is 4.56. The van der Waals surface area contributed by atoms with Crippen LogP contribution in [-0.2, 0) is 98.5 Å². The van der Waals surface area contributed by atoms with E-state index >= 15 is 22.0 Å². The van der Waals surface area contributed by atoms with Gasteiger partial charge in [-0.05, 0) is 176 Å². The summed E-state index contributed by atoms with van der Waals surface area (Å²) >= 11 is 71.5. The van der Waals surface area contributed by atoms with Gasteiger partial charge in [-0.15, -0.1) is 46.4 Å². The number of aryl methyl sites for hydroxylation is 4. The normalized spacial score (nSPS) is 12.2. The lowest BCUT2D eigenvalue weighted by atomic mass is 9.95. The van der Waals surface area contributed by atoms with E-state index in [4.69, 9.17) is 138 Å². The van der Waals surface area contributed by atoms with Crippen molar-refractivity contribution in [2.45, 2.75) is 103 Å². The van der Waals surface area contributed by atoms with Crippen LogP contribution in [0.5, 0.6) is 0 Å². The minimum Gasteiger partial charge on any atom is -0.499 e. The molecule has 2 aliphatic carbocycles. The number of methoxy groups -OCH3 is 2. The third kappa shape index (κ3) is 31.4. The standard InChI is InChI=1S/C24H24BrCl2FN2O3.C23H22BrCl2FN2O2.C22H20BrCl2FN2O2.C20H14BrCl2FN2O2.C20H19BrClFN2O3/c1-2-32-9-10-33-14-22(31)18-13-21-24(29-15-30(21)8-4-3-7-26)23(28)19(18)11-16-5-6-17(25)12-20(16)27;24-16-5-4-15(19(26)9-16)8-18-17(21(30)12-31-11-14-2-3-14)10-20-23(22(18)27)28-13-29(20)7-1-6-25;23-15-4-3-14(18(25)8-15)7-17-16(20(29)11-30-10-13-1-2-13)9-19-22(21(17)26)27-12-28(19)6-5-24;1-28-20(27)15-10-17-19(25-11-26(17)7-3-2-6-22)18(24)14(15)8-12-4-5-13(21)9-16(12)23;1-25-11-24-20-17(25)9-14(18(26)10-28-6-5-27-2)15(19(20)23)7-12-3-4-13(21)8-16(12)22/h2,5-6,12-13,15H,1,3-4,7-11,14H2;4-5,9-10,13-14H,1-3,6-8,11-12H2;3-4,8-9,12-13H,1-2,5-7,10-11H2;4-5,9-11H,6-8H2,1H3;3-4,8-9,11H,5-7,10H2,1-2H3. The first-order valence-electron chi connectivity index (χ1n) is 47.2. The topological polar surface area (TPSA) is 239 Å². The Morgan fingerprint density at radius 3 is 1.03 bits per heavy atom. The fourth-order valence-corrected chi connectivity index (χ4v) is 20.5. The van der Waals surface area contributed by atoms with E-state index in [0.717, 1.165) is 78.4 Å². The maximum atomic E-state index is 15.7. The molecule has 17 rings (SSSR count). The van der Waals surface area contributed by atoms with E-state index in [9.17, 15) is 24.0 Å². The Labute approximate surface area is 949 Å². The fourth-order valence-electron chi connectivity index (χ4n) is 16.2. The lowest BCUT2D eigenvalue weighted by molar-refractivity contribution is 0.0575. The predicted octanol–water partition coefficient (Wildman–Crippen LogP) is 28.8. The van der Waals surface area contributed by atoms with Crippen molar-refractivity contribution >= 4 is 268 Å². The summed E-state index contributed by atoms with van der Waals surface area (Å²) in [5.74, 6) is 3.89. The largest absolute Gasteiger partial charge is 0.499 e. The number of halogens is 19. The highest BCUT2D eigenvalue weighted by molar-refractivity contribution is 9.11. The molecule has 0 amide bonds. The van der Waals surface area contributed by atoms with Crippen LogP contribution in [0, 0.1) is 52.8 Å². The fraction of sp³-hybridized carbons (Fsp3) is 0.321. The number of hydrogen-bond acceptors (Lipinski definition) is 17.